The van der Waals surface area contributed by atoms with E-state index in [0.717, 1.165) is 13.0 Å². The molecule has 0 spiro atoms. The third-order valence-electron chi connectivity index (χ3n) is 2.03. The highest BCUT2D eigenvalue weighted by atomic mass is 35.5. The first-order valence-corrected chi connectivity index (χ1v) is 5.78. The number of nitrogens with one attached hydrogen (secondary N) is 1. The SMILES string of the molecule is CC(C)NCCCOc1ccc(Cl)c(F)c1. The molecule has 1 N–H and O–H groups in total. The van der Waals surface area contributed by atoms with E-state index in [9.17, 15) is 4.39 Å². The first-order valence-electron chi connectivity index (χ1n) is 5.41. The van der Waals surface area contributed by atoms with Crippen LogP contribution in [-0.4, -0.2) is 19.2 Å². The first kappa shape index (κ1) is 13.3. The van der Waals surface area contributed by atoms with Crippen LogP contribution in [0.15, 0.2) is 18.2 Å². The van der Waals surface area contributed by atoms with Crippen LogP contribution in [0.4, 0.5) is 4.39 Å². The highest BCUT2D eigenvalue weighted by Gasteiger charge is 2.01. The fourth-order valence-corrected chi connectivity index (χ4v) is 1.34. The number of rotatable bonds is 6. The van der Waals surface area contributed by atoms with Crippen LogP contribution in [0, 0.1) is 5.82 Å². The smallest absolute Gasteiger partial charge is 0.145 e. The quantitative estimate of drug-likeness (QED) is 0.777. The van der Waals surface area contributed by atoms with Crippen molar-refractivity contribution in [3.8, 4) is 5.75 Å². The van der Waals surface area contributed by atoms with Gasteiger partial charge in [-0.05, 0) is 25.1 Å². The summed E-state index contributed by atoms with van der Waals surface area (Å²) in [5.41, 5.74) is 0. The lowest BCUT2D eigenvalue weighted by molar-refractivity contribution is 0.305. The van der Waals surface area contributed by atoms with Crippen molar-refractivity contribution in [2.45, 2.75) is 26.3 Å². The second kappa shape index (κ2) is 6.71. The maximum atomic E-state index is 13.0. The largest absolute Gasteiger partial charge is 0.493 e. The Balaban J connectivity index is 2.24. The Hall–Kier alpha value is -0.800. The Labute approximate surface area is 101 Å². The molecule has 0 amide bonds. The van der Waals surface area contributed by atoms with Crippen LogP contribution in [0.25, 0.3) is 0 Å². The van der Waals surface area contributed by atoms with Crippen molar-refractivity contribution in [1.82, 2.24) is 5.32 Å². The van der Waals surface area contributed by atoms with Crippen LogP contribution >= 0.6 is 11.6 Å². The van der Waals surface area contributed by atoms with Crippen LogP contribution in [-0.2, 0) is 0 Å². The molecule has 0 saturated carbocycles. The third kappa shape index (κ3) is 4.81. The summed E-state index contributed by atoms with van der Waals surface area (Å²) in [6, 6.07) is 4.95. The van der Waals surface area contributed by atoms with Crippen molar-refractivity contribution in [3.05, 3.63) is 29.0 Å². The van der Waals surface area contributed by atoms with E-state index in [4.69, 9.17) is 16.3 Å². The summed E-state index contributed by atoms with van der Waals surface area (Å²) in [5, 5.41) is 3.40. The van der Waals surface area contributed by atoms with E-state index < -0.39 is 5.82 Å². The van der Waals surface area contributed by atoms with Crippen LogP contribution < -0.4 is 10.1 Å². The molecule has 1 aromatic rings. The summed E-state index contributed by atoms with van der Waals surface area (Å²) in [6.07, 6.45) is 0.891. The zero-order valence-electron chi connectivity index (χ0n) is 9.59. The molecule has 0 fully saturated rings. The third-order valence-corrected chi connectivity index (χ3v) is 2.34. The van der Waals surface area contributed by atoms with E-state index >= 15 is 0 Å². The molecule has 1 aromatic carbocycles. The molecule has 0 heterocycles. The molecule has 16 heavy (non-hydrogen) atoms. The topological polar surface area (TPSA) is 21.3 Å². The average Bonchev–Trinajstić information content (AvgIpc) is 2.22. The summed E-state index contributed by atoms with van der Waals surface area (Å²) < 4.78 is 18.4. The van der Waals surface area contributed by atoms with Crippen molar-refractivity contribution >= 4 is 11.6 Å². The lowest BCUT2D eigenvalue weighted by atomic mass is 10.3. The average molecular weight is 246 g/mol. The molecule has 0 bridgehead atoms. The minimum Gasteiger partial charge on any atom is -0.493 e. The summed E-state index contributed by atoms with van der Waals surface area (Å²) in [7, 11) is 0. The zero-order chi connectivity index (χ0) is 12.0. The van der Waals surface area contributed by atoms with Gasteiger partial charge in [-0.15, -0.1) is 0 Å². The van der Waals surface area contributed by atoms with Gasteiger partial charge in [0.15, 0.2) is 0 Å². The minimum absolute atomic E-state index is 0.119. The predicted octanol–water partition coefficient (Wildman–Crippen LogP) is 3.25. The molecule has 90 valence electrons. The lowest BCUT2D eigenvalue weighted by Crippen LogP contribution is -2.24. The molecular weight excluding hydrogens is 229 g/mol. The second-order valence-electron chi connectivity index (χ2n) is 3.89. The molecule has 0 radical (unpaired) electrons. The van der Waals surface area contributed by atoms with Gasteiger partial charge in [-0.3, -0.25) is 0 Å². The van der Waals surface area contributed by atoms with Crippen molar-refractivity contribution in [1.29, 1.82) is 0 Å². The molecule has 4 heteroatoms. The maximum absolute atomic E-state index is 13.0. The second-order valence-corrected chi connectivity index (χ2v) is 4.29. The fraction of sp³-hybridized carbons (Fsp3) is 0.500. The Morgan fingerprint density at radius 2 is 2.19 bits per heavy atom. The standard InChI is InChI=1S/C12H17ClFNO/c1-9(2)15-6-3-7-16-10-4-5-11(13)12(14)8-10/h4-5,8-9,15H,3,6-7H2,1-2H3. The highest BCUT2D eigenvalue weighted by Crippen LogP contribution is 2.20. The monoisotopic (exact) mass is 245 g/mol. The number of benzene rings is 1. The van der Waals surface area contributed by atoms with E-state index in [1.807, 2.05) is 0 Å². The summed E-state index contributed by atoms with van der Waals surface area (Å²) in [5.74, 6) is 0.0749. The number of halogens is 2. The van der Waals surface area contributed by atoms with Gasteiger partial charge in [-0.2, -0.15) is 0 Å². The molecule has 0 aromatic heterocycles. The molecule has 0 unspecified atom stereocenters. The molecule has 0 atom stereocenters. The fourth-order valence-electron chi connectivity index (χ4n) is 1.22. The normalized spacial score (nSPS) is 10.8. The van der Waals surface area contributed by atoms with E-state index in [1.54, 1.807) is 6.07 Å². The van der Waals surface area contributed by atoms with Crippen molar-refractivity contribution < 1.29 is 9.13 Å². The first-order chi connectivity index (χ1) is 7.59. The molecule has 2 nitrogen and oxygen atoms in total. The molecule has 0 aliphatic carbocycles. The molecule has 0 saturated heterocycles. The number of hydrogen-bond acceptors (Lipinski definition) is 2. The number of hydrogen-bond donors (Lipinski definition) is 1. The van der Waals surface area contributed by atoms with Gasteiger partial charge in [0, 0.05) is 12.1 Å². The van der Waals surface area contributed by atoms with Gasteiger partial charge in [0.25, 0.3) is 0 Å². The van der Waals surface area contributed by atoms with Crippen LogP contribution in [0.1, 0.15) is 20.3 Å². The van der Waals surface area contributed by atoms with Crippen molar-refractivity contribution in [2.75, 3.05) is 13.2 Å². The molecule has 0 aliphatic heterocycles. The predicted molar refractivity (Wildman–Crippen MR) is 64.7 cm³/mol. The summed E-state index contributed by atoms with van der Waals surface area (Å²) >= 11 is 5.56. The van der Waals surface area contributed by atoms with Gasteiger partial charge in [0.2, 0.25) is 0 Å². The number of ether oxygens (including phenoxy) is 1. The van der Waals surface area contributed by atoms with Gasteiger partial charge in [-0.1, -0.05) is 25.4 Å². The van der Waals surface area contributed by atoms with Gasteiger partial charge >= 0.3 is 0 Å². The van der Waals surface area contributed by atoms with Crippen molar-refractivity contribution in [2.24, 2.45) is 0 Å². The van der Waals surface area contributed by atoms with Crippen LogP contribution in [0.3, 0.4) is 0 Å². The van der Waals surface area contributed by atoms with E-state index in [-0.39, 0.29) is 5.02 Å². The lowest BCUT2D eigenvalue weighted by Gasteiger charge is -2.09. The maximum Gasteiger partial charge on any atom is 0.145 e. The van der Waals surface area contributed by atoms with Gasteiger partial charge in [-0.25, -0.2) is 4.39 Å². The Bertz CT molecular complexity index is 331. The zero-order valence-corrected chi connectivity index (χ0v) is 10.4. The van der Waals surface area contributed by atoms with E-state index in [1.165, 1.54) is 12.1 Å². The summed E-state index contributed by atoms with van der Waals surface area (Å²) in [6.45, 7) is 5.65. The Kier molecular flexibility index (Phi) is 5.56. The Morgan fingerprint density at radius 3 is 2.81 bits per heavy atom. The molecule has 1 rings (SSSR count). The van der Waals surface area contributed by atoms with Gasteiger partial charge in [0.1, 0.15) is 11.6 Å². The highest BCUT2D eigenvalue weighted by molar-refractivity contribution is 6.30. The van der Waals surface area contributed by atoms with E-state index in [2.05, 4.69) is 19.2 Å². The minimum atomic E-state index is -0.445. The van der Waals surface area contributed by atoms with Crippen LogP contribution in [0.5, 0.6) is 5.75 Å². The van der Waals surface area contributed by atoms with Gasteiger partial charge in [0.05, 0.1) is 11.6 Å². The van der Waals surface area contributed by atoms with Crippen molar-refractivity contribution in [3.63, 3.8) is 0 Å². The molecule has 0 aliphatic rings. The van der Waals surface area contributed by atoms with E-state index in [0.29, 0.717) is 18.4 Å². The Morgan fingerprint density at radius 1 is 1.44 bits per heavy atom. The molecular formula is C12H17ClFNO. The summed E-state index contributed by atoms with van der Waals surface area (Å²) in [4.78, 5) is 0. The van der Waals surface area contributed by atoms with Gasteiger partial charge < -0.3 is 10.1 Å². The van der Waals surface area contributed by atoms with Crippen LogP contribution in [0.2, 0.25) is 5.02 Å².